The Morgan fingerprint density at radius 2 is 2.10 bits per heavy atom. The fourth-order valence-electron chi connectivity index (χ4n) is 1.67. The van der Waals surface area contributed by atoms with Crippen LogP contribution in [0.4, 0.5) is 19.0 Å². The minimum Gasteiger partial charge on any atom is -0.478 e. The normalized spacial score (nSPS) is 11.5. The molecule has 0 fully saturated rings. The van der Waals surface area contributed by atoms with Gasteiger partial charge in [-0.1, -0.05) is 6.08 Å². The summed E-state index contributed by atoms with van der Waals surface area (Å²) in [6.45, 7) is 7.18. The van der Waals surface area contributed by atoms with Gasteiger partial charge < -0.3 is 10.0 Å². The average molecular weight is 288 g/mol. The number of aromatic nitrogens is 1. The van der Waals surface area contributed by atoms with Crippen LogP contribution in [0.2, 0.25) is 0 Å². The van der Waals surface area contributed by atoms with Crippen LogP contribution in [-0.4, -0.2) is 28.6 Å². The third-order valence-electron chi connectivity index (χ3n) is 2.62. The summed E-state index contributed by atoms with van der Waals surface area (Å²) in [4.78, 5) is 16.1. The molecule has 110 valence electrons. The first-order valence-corrected chi connectivity index (χ1v) is 5.87. The first kappa shape index (κ1) is 16.0. The molecule has 0 saturated carbocycles. The largest absolute Gasteiger partial charge is 0.478 e. The van der Waals surface area contributed by atoms with Crippen molar-refractivity contribution in [2.24, 2.45) is 0 Å². The van der Waals surface area contributed by atoms with E-state index in [1.807, 2.05) is 0 Å². The molecule has 0 aliphatic heterocycles. The van der Waals surface area contributed by atoms with Gasteiger partial charge in [0.2, 0.25) is 0 Å². The summed E-state index contributed by atoms with van der Waals surface area (Å²) < 4.78 is 38.1. The van der Waals surface area contributed by atoms with Crippen LogP contribution in [0.1, 0.15) is 29.9 Å². The number of carbonyl (C=O) groups is 1. The molecular formula is C13H15F3N2O2. The number of nitrogens with zero attached hydrogens (tertiary/aromatic N) is 2. The highest BCUT2D eigenvalue weighted by molar-refractivity contribution is 5.93. The summed E-state index contributed by atoms with van der Waals surface area (Å²) in [6, 6.07) is 1.37. The van der Waals surface area contributed by atoms with Crippen LogP contribution in [0.25, 0.3) is 0 Å². The molecule has 1 aromatic heterocycles. The van der Waals surface area contributed by atoms with Gasteiger partial charge in [-0.3, -0.25) is 0 Å². The molecule has 0 saturated heterocycles. The zero-order valence-corrected chi connectivity index (χ0v) is 11.1. The van der Waals surface area contributed by atoms with Crippen molar-refractivity contribution >= 4 is 11.8 Å². The Bertz CT molecular complexity index is 513. The van der Waals surface area contributed by atoms with Crippen LogP contribution in [0, 0.1) is 0 Å². The zero-order valence-electron chi connectivity index (χ0n) is 11.1. The minimum absolute atomic E-state index is 0.201. The van der Waals surface area contributed by atoms with Crippen molar-refractivity contribution in [3.63, 3.8) is 0 Å². The van der Waals surface area contributed by atoms with Gasteiger partial charge in [0.05, 0.1) is 0 Å². The summed E-state index contributed by atoms with van der Waals surface area (Å²) in [6.07, 6.45) is -3.14. The summed E-state index contributed by atoms with van der Waals surface area (Å²) >= 11 is 0. The van der Waals surface area contributed by atoms with Gasteiger partial charge >= 0.3 is 12.1 Å². The lowest BCUT2D eigenvalue weighted by Crippen LogP contribution is -2.33. The third-order valence-corrected chi connectivity index (χ3v) is 2.62. The summed E-state index contributed by atoms with van der Waals surface area (Å²) in [7, 11) is 0. The molecular weight excluding hydrogens is 273 g/mol. The molecule has 1 heterocycles. The van der Waals surface area contributed by atoms with E-state index in [1.54, 1.807) is 13.8 Å². The SMILES string of the molecule is C=CCN(c1nc(C(F)(F)F)ccc1C(=O)O)C(C)C. The average Bonchev–Trinajstić information content (AvgIpc) is 2.33. The maximum Gasteiger partial charge on any atom is 0.433 e. The van der Waals surface area contributed by atoms with E-state index >= 15 is 0 Å². The van der Waals surface area contributed by atoms with Gasteiger partial charge in [-0.2, -0.15) is 13.2 Å². The Labute approximate surface area is 114 Å². The van der Waals surface area contributed by atoms with Crippen LogP contribution in [0.3, 0.4) is 0 Å². The van der Waals surface area contributed by atoms with E-state index < -0.39 is 17.8 Å². The van der Waals surface area contributed by atoms with Crippen molar-refractivity contribution in [2.45, 2.75) is 26.1 Å². The number of rotatable bonds is 5. The Balaban J connectivity index is 3.45. The van der Waals surface area contributed by atoms with E-state index in [0.29, 0.717) is 6.07 Å². The number of anilines is 1. The number of hydrogen-bond donors (Lipinski definition) is 1. The smallest absolute Gasteiger partial charge is 0.433 e. The molecule has 0 bridgehead atoms. The molecule has 4 nitrogen and oxygen atoms in total. The molecule has 7 heteroatoms. The van der Waals surface area contributed by atoms with Crippen molar-refractivity contribution in [2.75, 3.05) is 11.4 Å². The highest BCUT2D eigenvalue weighted by atomic mass is 19.4. The topological polar surface area (TPSA) is 53.4 Å². The lowest BCUT2D eigenvalue weighted by Gasteiger charge is -2.28. The van der Waals surface area contributed by atoms with Crippen LogP contribution < -0.4 is 4.90 Å². The maximum atomic E-state index is 12.7. The molecule has 0 aliphatic rings. The number of carboxylic acid groups (broad SMARTS) is 1. The van der Waals surface area contributed by atoms with E-state index in [1.165, 1.54) is 11.0 Å². The van der Waals surface area contributed by atoms with Crippen LogP contribution >= 0.6 is 0 Å². The number of carboxylic acids is 1. The first-order valence-electron chi connectivity index (χ1n) is 5.87. The van der Waals surface area contributed by atoms with Gasteiger partial charge in [0.15, 0.2) is 0 Å². The fourth-order valence-corrected chi connectivity index (χ4v) is 1.67. The predicted octanol–water partition coefficient (Wildman–Crippen LogP) is 3.20. The molecule has 0 atom stereocenters. The Morgan fingerprint density at radius 1 is 1.50 bits per heavy atom. The number of aromatic carboxylic acids is 1. The molecule has 0 aliphatic carbocycles. The molecule has 0 amide bonds. The van der Waals surface area contributed by atoms with Crippen molar-refractivity contribution in [1.29, 1.82) is 0 Å². The van der Waals surface area contributed by atoms with Crippen molar-refractivity contribution < 1.29 is 23.1 Å². The molecule has 20 heavy (non-hydrogen) atoms. The van der Waals surface area contributed by atoms with Gasteiger partial charge in [-0.25, -0.2) is 9.78 Å². The molecule has 0 spiro atoms. The zero-order chi connectivity index (χ0) is 15.5. The summed E-state index contributed by atoms with van der Waals surface area (Å²) in [5.41, 5.74) is -1.39. The van der Waals surface area contributed by atoms with Crippen LogP contribution in [0.15, 0.2) is 24.8 Å². The Morgan fingerprint density at radius 3 is 2.50 bits per heavy atom. The first-order chi connectivity index (χ1) is 9.18. The molecule has 1 rings (SSSR count). The van der Waals surface area contributed by atoms with E-state index in [-0.39, 0.29) is 24.0 Å². The fraction of sp³-hybridized carbons (Fsp3) is 0.385. The van der Waals surface area contributed by atoms with Crippen molar-refractivity contribution in [1.82, 2.24) is 4.98 Å². The monoisotopic (exact) mass is 288 g/mol. The molecule has 0 aromatic carbocycles. The maximum absolute atomic E-state index is 12.7. The molecule has 1 N–H and O–H groups in total. The van der Waals surface area contributed by atoms with Crippen molar-refractivity contribution in [3.05, 3.63) is 36.0 Å². The van der Waals surface area contributed by atoms with E-state index in [9.17, 15) is 18.0 Å². The van der Waals surface area contributed by atoms with E-state index in [4.69, 9.17) is 5.11 Å². The highest BCUT2D eigenvalue weighted by Gasteiger charge is 2.34. The predicted molar refractivity (Wildman–Crippen MR) is 68.9 cm³/mol. The van der Waals surface area contributed by atoms with Gasteiger partial charge in [0, 0.05) is 12.6 Å². The summed E-state index contributed by atoms with van der Waals surface area (Å²) in [5.74, 6) is -1.53. The van der Waals surface area contributed by atoms with E-state index in [0.717, 1.165) is 6.07 Å². The Hall–Kier alpha value is -2.05. The number of halogens is 3. The van der Waals surface area contributed by atoms with Gasteiger partial charge in [0.1, 0.15) is 17.1 Å². The van der Waals surface area contributed by atoms with Crippen molar-refractivity contribution in [3.8, 4) is 0 Å². The number of alkyl halides is 3. The molecule has 0 unspecified atom stereocenters. The van der Waals surface area contributed by atoms with Gasteiger partial charge in [-0.15, -0.1) is 6.58 Å². The number of pyridine rings is 1. The lowest BCUT2D eigenvalue weighted by atomic mass is 10.2. The molecule has 0 radical (unpaired) electrons. The number of hydrogen-bond acceptors (Lipinski definition) is 3. The lowest BCUT2D eigenvalue weighted by molar-refractivity contribution is -0.141. The van der Waals surface area contributed by atoms with E-state index in [2.05, 4.69) is 11.6 Å². The van der Waals surface area contributed by atoms with Gasteiger partial charge in [-0.05, 0) is 26.0 Å². The highest BCUT2D eigenvalue weighted by Crippen LogP contribution is 2.31. The summed E-state index contributed by atoms with van der Waals surface area (Å²) in [5, 5.41) is 9.08. The second kappa shape index (κ2) is 5.94. The quantitative estimate of drug-likeness (QED) is 0.845. The standard InChI is InChI=1S/C13H15F3N2O2/c1-4-7-18(8(2)3)11-9(12(19)20)5-6-10(17-11)13(14,15)16/h4-6,8H,1,7H2,2-3H3,(H,19,20). The Kier molecular flexibility index (Phi) is 4.75. The minimum atomic E-state index is -4.62. The van der Waals surface area contributed by atoms with Gasteiger partial charge in [0.25, 0.3) is 0 Å². The second-order valence-electron chi connectivity index (χ2n) is 4.41. The molecule has 1 aromatic rings. The third kappa shape index (κ3) is 3.49. The van der Waals surface area contributed by atoms with Crippen LogP contribution in [-0.2, 0) is 6.18 Å². The van der Waals surface area contributed by atoms with Crippen LogP contribution in [0.5, 0.6) is 0 Å². The second-order valence-corrected chi connectivity index (χ2v) is 4.41.